The van der Waals surface area contributed by atoms with Crippen molar-refractivity contribution in [1.29, 1.82) is 0 Å². The molecule has 5 heteroatoms. The topological polar surface area (TPSA) is 83.5 Å². The van der Waals surface area contributed by atoms with Crippen molar-refractivity contribution in [3.63, 3.8) is 0 Å². The molecule has 0 unspecified atom stereocenters. The van der Waals surface area contributed by atoms with E-state index in [4.69, 9.17) is 5.11 Å². The van der Waals surface area contributed by atoms with Gasteiger partial charge >= 0.3 is 5.97 Å². The fourth-order valence-electron chi connectivity index (χ4n) is 1.41. The van der Waals surface area contributed by atoms with Crippen LogP contribution in [0.15, 0.2) is 0 Å². The maximum Gasteiger partial charge on any atom is 0.303 e. The van der Waals surface area contributed by atoms with Gasteiger partial charge in [-0.25, -0.2) is 0 Å². The highest BCUT2D eigenvalue weighted by Crippen LogP contribution is 2.03. The second-order valence-electron chi connectivity index (χ2n) is 3.98. The number of carboxylic acid groups (broad SMARTS) is 1. The molecule has 1 amide bonds. The van der Waals surface area contributed by atoms with Crippen molar-refractivity contribution in [2.45, 2.75) is 57.9 Å². The van der Waals surface area contributed by atoms with Crippen LogP contribution in [0.1, 0.15) is 51.9 Å². The van der Waals surface area contributed by atoms with Gasteiger partial charge < -0.3 is 10.4 Å². The van der Waals surface area contributed by atoms with Crippen LogP contribution in [0.2, 0.25) is 0 Å². The Morgan fingerprint density at radius 1 is 1.24 bits per heavy atom. The molecule has 0 fully saturated rings. The van der Waals surface area contributed by atoms with Crippen molar-refractivity contribution in [3.05, 3.63) is 0 Å². The van der Waals surface area contributed by atoms with Gasteiger partial charge in [-0.15, -0.1) is 0 Å². The van der Waals surface area contributed by atoms with E-state index >= 15 is 0 Å². The van der Waals surface area contributed by atoms with E-state index in [2.05, 4.69) is 12.2 Å². The molecule has 0 rings (SSSR count). The summed E-state index contributed by atoms with van der Waals surface area (Å²) >= 11 is 0. The first-order valence-electron chi connectivity index (χ1n) is 5.99. The van der Waals surface area contributed by atoms with E-state index in [1.807, 2.05) is 0 Å². The third-order valence-electron chi connectivity index (χ3n) is 2.38. The number of rotatable bonds is 10. The molecule has 0 aliphatic heterocycles. The van der Waals surface area contributed by atoms with Crippen molar-refractivity contribution in [1.82, 2.24) is 5.32 Å². The van der Waals surface area contributed by atoms with E-state index in [1.165, 1.54) is 0 Å². The average molecular weight is 242 g/mol. The zero-order valence-corrected chi connectivity index (χ0v) is 10.2. The summed E-state index contributed by atoms with van der Waals surface area (Å²) in [5.74, 6) is -1.19. The lowest BCUT2D eigenvalue weighted by Gasteiger charge is -2.10. The second kappa shape index (κ2) is 9.81. The number of hydrogen-bond donors (Lipinski definition) is 2. The highest BCUT2D eigenvalue weighted by atomic mass is 16.4. The highest BCUT2D eigenvalue weighted by Gasteiger charge is 2.13. The van der Waals surface area contributed by atoms with Gasteiger partial charge in [-0.2, -0.15) is 0 Å². The maximum atomic E-state index is 11.4. The smallest absolute Gasteiger partial charge is 0.303 e. The molecule has 0 aromatic heterocycles. The predicted octanol–water partition coefficient (Wildman–Crippen LogP) is 1.42. The van der Waals surface area contributed by atoms with Gasteiger partial charge in [0.15, 0.2) is 0 Å². The van der Waals surface area contributed by atoms with Crippen molar-refractivity contribution in [2.24, 2.45) is 0 Å². The molecule has 0 aromatic carbocycles. The summed E-state index contributed by atoms with van der Waals surface area (Å²) in [6, 6.07) is -0.801. The number of hydrogen-bond acceptors (Lipinski definition) is 3. The quantitative estimate of drug-likeness (QED) is 0.567. The van der Waals surface area contributed by atoms with Gasteiger partial charge in [0.1, 0.15) is 0 Å². The summed E-state index contributed by atoms with van der Waals surface area (Å²) in [7, 11) is 0. The largest absolute Gasteiger partial charge is 0.481 e. The monoisotopic (exact) mass is 242 g/mol. The Labute approximate surface area is 102 Å². The predicted molar refractivity (Wildman–Crippen MR) is 63.3 cm³/mol. The fraction of sp³-hybridized carbons (Fsp3) is 0.750. The standard InChI is InChI=1S/C12H20NO4/c1-2-3-4-5-6-11(15)13-10(9-14)7-8-12(16)17/h10H,2-8H2,1H3,(H,13,15)(H,16,17)/t10-/m0/s1. The molecule has 0 aliphatic carbocycles. The van der Waals surface area contributed by atoms with Gasteiger partial charge in [-0.05, 0) is 12.8 Å². The molecule has 17 heavy (non-hydrogen) atoms. The van der Waals surface area contributed by atoms with Gasteiger partial charge in [0.05, 0.1) is 6.04 Å². The van der Waals surface area contributed by atoms with Gasteiger partial charge in [0.2, 0.25) is 12.2 Å². The highest BCUT2D eigenvalue weighted by molar-refractivity contribution is 5.80. The van der Waals surface area contributed by atoms with Crippen LogP contribution in [-0.2, 0) is 14.4 Å². The third-order valence-corrected chi connectivity index (χ3v) is 2.38. The number of carbonyl (C=O) groups excluding carboxylic acids is 2. The van der Waals surface area contributed by atoms with E-state index < -0.39 is 12.0 Å². The van der Waals surface area contributed by atoms with Crippen molar-refractivity contribution in [3.8, 4) is 0 Å². The summed E-state index contributed by atoms with van der Waals surface area (Å²) < 4.78 is 0. The van der Waals surface area contributed by atoms with Gasteiger partial charge in [0, 0.05) is 12.8 Å². The molecule has 0 heterocycles. The minimum Gasteiger partial charge on any atom is -0.481 e. The lowest BCUT2D eigenvalue weighted by atomic mass is 10.1. The van der Waals surface area contributed by atoms with Gasteiger partial charge in [-0.1, -0.05) is 26.2 Å². The molecule has 0 spiro atoms. The first-order valence-corrected chi connectivity index (χ1v) is 5.99. The maximum absolute atomic E-state index is 11.4. The first-order chi connectivity index (χ1) is 8.10. The Kier molecular flexibility index (Phi) is 9.01. The van der Waals surface area contributed by atoms with E-state index in [1.54, 1.807) is 6.29 Å². The van der Waals surface area contributed by atoms with Gasteiger partial charge in [0.25, 0.3) is 0 Å². The summed E-state index contributed by atoms with van der Waals surface area (Å²) in [6.07, 6.45) is 5.96. The lowest BCUT2D eigenvalue weighted by Crippen LogP contribution is -2.36. The summed E-state index contributed by atoms with van der Waals surface area (Å²) in [4.78, 5) is 32.2. The van der Waals surface area contributed by atoms with Crippen LogP contribution in [0.5, 0.6) is 0 Å². The SMILES string of the molecule is CCCCCCC(=O)N[C@H]([C]=O)CCC(=O)O. The Bertz CT molecular complexity index is 253. The fourth-order valence-corrected chi connectivity index (χ4v) is 1.41. The molecule has 0 aromatic rings. The Balaban J connectivity index is 3.74. The minimum atomic E-state index is -0.984. The molecular formula is C12H20NO4. The number of nitrogens with one attached hydrogen (secondary N) is 1. The van der Waals surface area contributed by atoms with Crippen LogP contribution in [-0.4, -0.2) is 29.3 Å². The normalized spacial score (nSPS) is 11.8. The summed E-state index contributed by atoms with van der Waals surface area (Å²) in [6.45, 7) is 2.09. The zero-order chi connectivity index (χ0) is 13.1. The number of aliphatic carboxylic acids is 1. The van der Waals surface area contributed by atoms with Crippen molar-refractivity contribution < 1.29 is 19.5 Å². The molecule has 2 N–H and O–H groups in total. The average Bonchev–Trinajstić information content (AvgIpc) is 2.30. The van der Waals surface area contributed by atoms with Crippen LogP contribution >= 0.6 is 0 Å². The molecule has 0 aliphatic rings. The van der Waals surface area contributed by atoms with E-state index in [0.29, 0.717) is 6.42 Å². The summed E-state index contributed by atoms with van der Waals surface area (Å²) in [5.41, 5.74) is 0. The second-order valence-corrected chi connectivity index (χ2v) is 3.98. The molecule has 97 valence electrons. The first kappa shape index (κ1) is 15.6. The van der Waals surface area contributed by atoms with Crippen LogP contribution in [0.25, 0.3) is 0 Å². The molecule has 1 radical (unpaired) electrons. The summed E-state index contributed by atoms with van der Waals surface area (Å²) in [5, 5.41) is 10.9. The van der Waals surface area contributed by atoms with Crippen molar-refractivity contribution >= 4 is 18.2 Å². The Morgan fingerprint density at radius 3 is 2.47 bits per heavy atom. The van der Waals surface area contributed by atoms with Crippen LogP contribution in [0.4, 0.5) is 0 Å². The van der Waals surface area contributed by atoms with E-state index in [0.717, 1.165) is 25.7 Å². The number of amides is 1. The van der Waals surface area contributed by atoms with E-state index in [-0.39, 0.29) is 18.7 Å². The number of carbonyl (C=O) groups is 2. The Hall–Kier alpha value is -1.39. The van der Waals surface area contributed by atoms with E-state index in [9.17, 15) is 14.4 Å². The van der Waals surface area contributed by atoms with Crippen molar-refractivity contribution in [2.75, 3.05) is 0 Å². The number of unbranched alkanes of at least 4 members (excludes halogenated alkanes) is 3. The molecule has 5 nitrogen and oxygen atoms in total. The van der Waals surface area contributed by atoms with Crippen LogP contribution in [0.3, 0.4) is 0 Å². The third kappa shape index (κ3) is 9.53. The molecular weight excluding hydrogens is 222 g/mol. The molecule has 0 saturated heterocycles. The minimum absolute atomic E-state index is 0.0968. The number of carboxylic acids is 1. The van der Waals surface area contributed by atoms with Gasteiger partial charge in [-0.3, -0.25) is 14.4 Å². The zero-order valence-electron chi connectivity index (χ0n) is 10.2. The molecule has 1 atom stereocenters. The van der Waals surface area contributed by atoms with Crippen LogP contribution in [0, 0.1) is 0 Å². The van der Waals surface area contributed by atoms with Crippen LogP contribution < -0.4 is 5.32 Å². The lowest BCUT2D eigenvalue weighted by molar-refractivity contribution is -0.137. The Morgan fingerprint density at radius 2 is 1.94 bits per heavy atom. The molecule has 0 bridgehead atoms. The molecule has 0 saturated carbocycles.